The lowest BCUT2D eigenvalue weighted by Gasteiger charge is -2.31. The fourth-order valence-electron chi connectivity index (χ4n) is 3.41. The minimum atomic E-state index is -3.59. The largest absolute Gasteiger partial charge is 0.325 e. The van der Waals surface area contributed by atoms with Crippen molar-refractivity contribution < 1.29 is 17.6 Å². The number of carbonyl (C=O) groups is 1. The number of nitrogens with one attached hydrogen (secondary N) is 1. The molecule has 0 atom stereocenters. The van der Waals surface area contributed by atoms with Gasteiger partial charge in [-0.05, 0) is 56.5 Å². The maximum Gasteiger partial charge on any atom is 0.243 e. The summed E-state index contributed by atoms with van der Waals surface area (Å²) in [6.07, 6.45) is 0.823. The third kappa shape index (κ3) is 4.37. The minimum absolute atomic E-state index is 0.128. The Bertz CT molecular complexity index is 1000. The van der Waals surface area contributed by atoms with Crippen LogP contribution in [0.5, 0.6) is 0 Å². The lowest BCUT2D eigenvalue weighted by Crippen LogP contribution is -2.41. The fraction of sp³-hybridized carbons (Fsp3) is 0.350. The number of carbonyl (C=O) groups excluding carboxylic acids is 1. The standard InChI is InChI=1S/C20H22ClFN2O3S/c1-13-3-6-19(14(2)11-13)28(26,27)24-9-7-15(8-10-24)20(25)23-18-5-4-16(22)12-17(18)21/h3-6,11-12,15H,7-10H2,1-2H3,(H,23,25). The summed E-state index contributed by atoms with van der Waals surface area (Å²) in [6.45, 7) is 4.24. The molecule has 3 rings (SSSR count). The molecule has 0 saturated carbocycles. The van der Waals surface area contributed by atoms with Gasteiger partial charge in [-0.15, -0.1) is 0 Å². The highest BCUT2D eigenvalue weighted by Gasteiger charge is 2.33. The molecular weight excluding hydrogens is 403 g/mol. The highest BCUT2D eigenvalue weighted by Crippen LogP contribution is 2.28. The van der Waals surface area contributed by atoms with Crippen molar-refractivity contribution in [2.45, 2.75) is 31.6 Å². The molecule has 1 aliphatic heterocycles. The first-order chi connectivity index (χ1) is 13.2. The average Bonchev–Trinajstić information content (AvgIpc) is 2.63. The van der Waals surface area contributed by atoms with Crippen LogP contribution in [0.25, 0.3) is 0 Å². The number of hydrogen-bond acceptors (Lipinski definition) is 3. The predicted molar refractivity (Wildman–Crippen MR) is 107 cm³/mol. The van der Waals surface area contributed by atoms with Gasteiger partial charge in [0.15, 0.2) is 0 Å². The summed E-state index contributed by atoms with van der Waals surface area (Å²) < 4.78 is 40.4. The Labute approximate surface area is 169 Å². The minimum Gasteiger partial charge on any atom is -0.325 e. The van der Waals surface area contributed by atoms with Gasteiger partial charge < -0.3 is 5.32 Å². The number of aryl methyl sites for hydroxylation is 2. The van der Waals surface area contributed by atoms with Crippen LogP contribution in [0, 0.1) is 25.6 Å². The summed E-state index contributed by atoms with van der Waals surface area (Å²) >= 11 is 5.95. The van der Waals surface area contributed by atoms with Crippen molar-refractivity contribution >= 4 is 33.2 Å². The highest BCUT2D eigenvalue weighted by molar-refractivity contribution is 7.89. The zero-order valence-electron chi connectivity index (χ0n) is 15.7. The van der Waals surface area contributed by atoms with E-state index in [-0.39, 0.29) is 29.9 Å². The number of anilines is 1. The monoisotopic (exact) mass is 424 g/mol. The van der Waals surface area contributed by atoms with E-state index >= 15 is 0 Å². The second-order valence-electron chi connectivity index (χ2n) is 7.06. The first-order valence-electron chi connectivity index (χ1n) is 9.02. The summed E-state index contributed by atoms with van der Waals surface area (Å²) in [6, 6.07) is 9.04. The molecule has 1 fully saturated rings. The number of amides is 1. The Kier molecular flexibility index (Phi) is 6.07. The maximum atomic E-state index is 13.1. The Hall–Kier alpha value is -1.96. The molecule has 8 heteroatoms. The number of rotatable bonds is 4. The molecule has 1 amide bonds. The van der Waals surface area contributed by atoms with E-state index in [0.29, 0.717) is 29.0 Å². The van der Waals surface area contributed by atoms with E-state index in [9.17, 15) is 17.6 Å². The van der Waals surface area contributed by atoms with Crippen LogP contribution in [0.15, 0.2) is 41.3 Å². The molecule has 0 aliphatic carbocycles. The van der Waals surface area contributed by atoms with E-state index in [1.165, 1.54) is 16.4 Å². The van der Waals surface area contributed by atoms with Crippen molar-refractivity contribution in [3.63, 3.8) is 0 Å². The van der Waals surface area contributed by atoms with Gasteiger partial charge in [0, 0.05) is 19.0 Å². The number of piperidine rings is 1. The van der Waals surface area contributed by atoms with Crippen molar-refractivity contribution in [3.05, 3.63) is 58.4 Å². The second kappa shape index (κ2) is 8.19. The third-order valence-electron chi connectivity index (χ3n) is 4.96. The molecule has 0 unspecified atom stereocenters. The molecule has 0 spiro atoms. The molecule has 2 aromatic carbocycles. The van der Waals surface area contributed by atoms with Gasteiger partial charge in [-0.2, -0.15) is 4.31 Å². The Balaban J connectivity index is 1.65. The van der Waals surface area contributed by atoms with Crippen molar-refractivity contribution in [2.75, 3.05) is 18.4 Å². The SMILES string of the molecule is Cc1ccc(S(=O)(=O)N2CCC(C(=O)Nc3ccc(F)cc3Cl)CC2)c(C)c1. The molecule has 0 radical (unpaired) electrons. The zero-order chi connectivity index (χ0) is 20.5. The molecule has 0 bridgehead atoms. The maximum absolute atomic E-state index is 13.1. The van der Waals surface area contributed by atoms with Crippen LogP contribution in [0.1, 0.15) is 24.0 Å². The van der Waals surface area contributed by atoms with E-state index in [1.807, 2.05) is 13.0 Å². The third-order valence-corrected chi connectivity index (χ3v) is 7.33. The number of sulfonamides is 1. The molecule has 28 heavy (non-hydrogen) atoms. The highest BCUT2D eigenvalue weighted by atomic mass is 35.5. The van der Waals surface area contributed by atoms with Crippen molar-refractivity contribution in [1.29, 1.82) is 0 Å². The molecular formula is C20H22ClFN2O3S. The van der Waals surface area contributed by atoms with Crippen LogP contribution < -0.4 is 5.32 Å². The van der Waals surface area contributed by atoms with E-state index < -0.39 is 15.8 Å². The van der Waals surface area contributed by atoms with Crippen LogP contribution in [-0.2, 0) is 14.8 Å². The molecule has 2 aromatic rings. The summed E-state index contributed by atoms with van der Waals surface area (Å²) in [7, 11) is -3.59. The lowest BCUT2D eigenvalue weighted by molar-refractivity contribution is -0.120. The Morgan fingerprint density at radius 3 is 2.43 bits per heavy atom. The molecule has 1 aliphatic rings. The van der Waals surface area contributed by atoms with Crippen LogP contribution in [0.3, 0.4) is 0 Å². The van der Waals surface area contributed by atoms with Crippen LogP contribution in [0.4, 0.5) is 10.1 Å². The average molecular weight is 425 g/mol. The Morgan fingerprint density at radius 1 is 1.14 bits per heavy atom. The van der Waals surface area contributed by atoms with Gasteiger partial charge in [-0.3, -0.25) is 4.79 Å². The smallest absolute Gasteiger partial charge is 0.243 e. The van der Waals surface area contributed by atoms with Crippen molar-refractivity contribution in [2.24, 2.45) is 5.92 Å². The number of hydrogen-bond donors (Lipinski definition) is 1. The van der Waals surface area contributed by atoms with Crippen molar-refractivity contribution in [3.8, 4) is 0 Å². The molecule has 1 saturated heterocycles. The van der Waals surface area contributed by atoms with Crippen LogP contribution >= 0.6 is 11.6 Å². The normalized spacial score (nSPS) is 16.1. The fourth-order valence-corrected chi connectivity index (χ4v) is 5.30. The van der Waals surface area contributed by atoms with E-state index in [0.717, 1.165) is 11.6 Å². The van der Waals surface area contributed by atoms with Gasteiger partial charge in [0.25, 0.3) is 0 Å². The van der Waals surface area contributed by atoms with Gasteiger partial charge in [0.05, 0.1) is 15.6 Å². The van der Waals surface area contributed by atoms with Crippen molar-refractivity contribution in [1.82, 2.24) is 4.31 Å². The zero-order valence-corrected chi connectivity index (χ0v) is 17.3. The first kappa shape index (κ1) is 20.8. The molecule has 150 valence electrons. The van der Waals surface area contributed by atoms with Crippen LogP contribution in [-0.4, -0.2) is 31.7 Å². The quantitative estimate of drug-likeness (QED) is 0.802. The van der Waals surface area contributed by atoms with Gasteiger partial charge in [0.2, 0.25) is 15.9 Å². The van der Waals surface area contributed by atoms with Gasteiger partial charge in [-0.25, -0.2) is 12.8 Å². The summed E-state index contributed by atoms with van der Waals surface area (Å²) in [5.74, 6) is -1.04. The number of nitrogens with zero attached hydrogens (tertiary/aromatic N) is 1. The lowest BCUT2D eigenvalue weighted by atomic mass is 9.97. The van der Waals surface area contributed by atoms with Gasteiger partial charge in [0.1, 0.15) is 5.82 Å². The van der Waals surface area contributed by atoms with E-state index in [2.05, 4.69) is 5.32 Å². The number of benzene rings is 2. The first-order valence-corrected chi connectivity index (χ1v) is 10.8. The van der Waals surface area contributed by atoms with Gasteiger partial charge >= 0.3 is 0 Å². The summed E-state index contributed by atoms with van der Waals surface area (Å²) in [4.78, 5) is 12.8. The molecule has 5 nitrogen and oxygen atoms in total. The van der Waals surface area contributed by atoms with E-state index in [1.54, 1.807) is 19.1 Å². The molecule has 1 heterocycles. The second-order valence-corrected chi connectivity index (χ2v) is 9.37. The topological polar surface area (TPSA) is 66.5 Å². The van der Waals surface area contributed by atoms with Crippen LogP contribution in [0.2, 0.25) is 5.02 Å². The Morgan fingerprint density at radius 2 is 1.82 bits per heavy atom. The number of halogens is 2. The van der Waals surface area contributed by atoms with Gasteiger partial charge in [-0.1, -0.05) is 29.3 Å². The van der Waals surface area contributed by atoms with E-state index in [4.69, 9.17) is 11.6 Å². The predicted octanol–water partition coefficient (Wildman–Crippen LogP) is 4.14. The molecule has 0 aromatic heterocycles. The summed E-state index contributed by atoms with van der Waals surface area (Å²) in [5.41, 5.74) is 2.07. The molecule has 1 N–H and O–H groups in total. The summed E-state index contributed by atoms with van der Waals surface area (Å²) in [5, 5.41) is 2.83.